The van der Waals surface area contributed by atoms with E-state index >= 15 is 0 Å². The molecule has 0 amide bonds. The van der Waals surface area contributed by atoms with Gasteiger partial charge in [-0.05, 0) is 12.1 Å². The summed E-state index contributed by atoms with van der Waals surface area (Å²) in [4.78, 5) is 4.11. The van der Waals surface area contributed by atoms with Gasteiger partial charge in [0.15, 0.2) is 0 Å². The lowest BCUT2D eigenvalue weighted by molar-refractivity contribution is 0.334. The van der Waals surface area contributed by atoms with Crippen LogP contribution in [-0.4, -0.2) is 12.8 Å². The van der Waals surface area contributed by atoms with Crippen molar-refractivity contribution >= 4 is 11.9 Å². The molecule has 0 atom stereocenters. The molecule has 0 unspecified atom stereocenters. The normalized spacial score (nSPS) is 14.9. The Hall–Kier alpha value is -1.31. The van der Waals surface area contributed by atoms with Crippen molar-refractivity contribution in [3.8, 4) is 5.75 Å². The summed E-state index contributed by atoms with van der Waals surface area (Å²) in [6.45, 7) is 0.681. The fourth-order valence-corrected chi connectivity index (χ4v) is 1.02. The molecular formula is C9H8NO. The number of fused-ring (bicyclic) bond motifs is 1. The predicted molar refractivity (Wildman–Crippen MR) is 43.6 cm³/mol. The van der Waals surface area contributed by atoms with E-state index in [0.717, 1.165) is 17.9 Å². The Kier molecular flexibility index (Phi) is 1.60. The van der Waals surface area contributed by atoms with Gasteiger partial charge in [0, 0.05) is 6.42 Å². The van der Waals surface area contributed by atoms with Crippen molar-refractivity contribution in [3.05, 3.63) is 24.3 Å². The Morgan fingerprint density at radius 3 is 3.27 bits per heavy atom. The molecule has 1 aromatic carbocycles. The molecule has 2 heteroatoms. The summed E-state index contributed by atoms with van der Waals surface area (Å²) in [5.74, 6) is 0.859. The second kappa shape index (κ2) is 2.74. The first-order valence-electron chi connectivity index (χ1n) is 3.62. The summed E-state index contributed by atoms with van der Waals surface area (Å²) in [5.41, 5.74) is 0.880. The van der Waals surface area contributed by atoms with Crippen molar-refractivity contribution in [2.75, 3.05) is 6.61 Å². The van der Waals surface area contributed by atoms with Crippen LogP contribution in [0.3, 0.4) is 0 Å². The quantitative estimate of drug-likeness (QED) is 0.549. The Labute approximate surface area is 65.5 Å². The molecular weight excluding hydrogens is 138 g/mol. The first kappa shape index (κ1) is 6.40. The minimum Gasteiger partial charge on any atom is -0.491 e. The largest absolute Gasteiger partial charge is 0.491 e. The highest BCUT2D eigenvalue weighted by molar-refractivity contribution is 5.67. The second-order valence-electron chi connectivity index (χ2n) is 2.34. The van der Waals surface area contributed by atoms with E-state index < -0.39 is 0 Å². The van der Waals surface area contributed by atoms with Crippen LogP contribution in [0.4, 0.5) is 5.69 Å². The van der Waals surface area contributed by atoms with Crippen molar-refractivity contribution < 1.29 is 4.74 Å². The van der Waals surface area contributed by atoms with Crippen LogP contribution in [0.2, 0.25) is 0 Å². The van der Waals surface area contributed by atoms with E-state index in [1.807, 2.05) is 24.3 Å². The van der Waals surface area contributed by atoms with Gasteiger partial charge in [0.1, 0.15) is 11.4 Å². The topological polar surface area (TPSA) is 21.6 Å². The van der Waals surface area contributed by atoms with Gasteiger partial charge in [0.25, 0.3) is 0 Å². The molecule has 0 saturated heterocycles. The van der Waals surface area contributed by atoms with Gasteiger partial charge in [-0.1, -0.05) is 12.1 Å². The van der Waals surface area contributed by atoms with E-state index in [-0.39, 0.29) is 0 Å². The van der Waals surface area contributed by atoms with Crippen LogP contribution >= 0.6 is 0 Å². The number of ether oxygens (including phenoxy) is 1. The number of nitrogens with zero attached hydrogens (tertiary/aromatic N) is 1. The summed E-state index contributed by atoms with van der Waals surface area (Å²) in [6.07, 6.45) is 3.68. The van der Waals surface area contributed by atoms with Crippen LogP contribution in [0.1, 0.15) is 6.42 Å². The molecule has 0 aromatic heterocycles. The molecule has 11 heavy (non-hydrogen) atoms. The van der Waals surface area contributed by atoms with Gasteiger partial charge in [-0.25, -0.2) is 4.99 Å². The van der Waals surface area contributed by atoms with Crippen molar-refractivity contribution in [2.24, 2.45) is 4.99 Å². The van der Waals surface area contributed by atoms with Gasteiger partial charge < -0.3 is 4.74 Å². The van der Waals surface area contributed by atoms with E-state index in [4.69, 9.17) is 4.74 Å². The van der Waals surface area contributed by atoms with Crippen LogP contribution in [0.5, 0.6) is 5.75 Å². The zero-order valence-corrected chi connectivity index (χ0v) is 6.08. The highest BCUT2D eigenvalue weighted by Gasteiger charge is 2.02. The average Bonchev–Trinajstić information content (AvgIpc) is 2.28. The standard InChI is InChI=1S/C9H8NO/c1-2-5-9-8(4-1)10-6-3-7-11-9/h1-2,4-5H,3,7H2. The van der Waals surface area contributed by atoms with E-state index in [1.165, 1.54) is 0 Å². The number of rotatable bonds is 0. The summed E-state index contributed by atoms with van der Waals surface area (Å²) in [6, 6.07) is 7.73. The molecule has 0 saturated carbocycles. The van der Waals surface area contributed by atoms with Crippen LogP contribution in [-0.2, 0) is 0 Å². The lowest BCUT2D eigenvalue weighted by Crippen LogP contribution is -1.94. The Morgan fingerprint density at radius 1 is 1.36 bits per heavy atom. The van der Waals surface area contributed by atoms with Gasteiger partial charge in [-0.2, -0.15) is 0 Å². The van der Waals surface area contributed by atoms with E-state index in [2.05, 4.69) is 11.2 Å². The first-order chi connectivity index (χ1) is 5.47. The summed E-state index contributed by atoms with van der Waals surface area (Å²) < 4.78 is 5.39. The maximum absolute atomic E-state index is 5.39. The molecule has 2 rings (SSSR count). The summed E-state index contributed by atoms with van der Waals surface area (Å²) in [7, 11) is 0. The lowest BCUT2D eigenvalue weighted by atomic mass is 10.3. The SMILES string of the molecule is [C]1=Nc2ccccc2OCC1. The molecule has 1 aliphatic rings. The van der Waals surface area contributed by atoms with Gasteiger partial charge in [-0.3, -0.25) is 0 Å². The third-order valence-corrected chi connectivity index (χ3v) is 1.54. The highest BCUT2D eigenvalue weighted by atomic mass is 16.5. The third-order valence-electron chi connectivity index (χ3n) is 1.54. The molecule has 0 bridgehead atoms. The fraction of sp³-hybridized carbons (Fsp3) is 0.222. The maximum atomic E-state index is 5.39. The highest BCUT2D eigenvalue weighted by Crippen LogP contribution is 2.27. The van der Waals surface area contributed by atoms with Gasteiger partial charge in [0.2, 0.25) is 0 Å². The number of hydrogen-bond donors (Lipinski definition) is 0. The lowest BCUT2D eigenvalue weighted by Gasteiger charge is -2.02. The minimum atomic E-state index is 0.681. The molecule has 0 N–H and O–H groups in total. The molecule has 55 valence electrons. The second-order valence-corrected chi connectivity index (χ2v) is 2.34. The number of aliphatic imine (C=N–C) groups is 1. The molecule has 2 nitrogen and oxygen atoms in total. The molecule has 1 aliphatic heterocycles. The molecule has 1 heterocycles. The number of hydrogen-bond acceptors (Lipinski definition) is 2. The van der Waals surface area contributed by atoms with Crippen molar-refractivity contribution in [1.82, 2.24) is 0 Å². The van der Waals surface area contributed by atoms with Crippen molar-refractivity contribution in [2.45, 2.75) is 6.42 Å². The van der Waals surface area contributed by atoms with E-state index in [1.54, 1.807) is 0 Å². The molecule has 0 spiro atoms. The molecule has 0 aliphatic carbocycles. The van der Waals surface area contributed by atoms with Crippen molar-refractivity contribution in [1.29, 1.82) is 0 Å². The Morgan fingerprint density at radius 2 is 2.27 bits per heavy atom. The summed E-state index contributed by atoms with van der Waals surface area (Å²) >= 11 is 0. The third kappa shape index (κ3) is 1.24. The Bertz CT molecular complexity index is 281. The van der Waals surface area contributed by atoms with Crippen LogP contribution in [0, 0.1) is 0 Å². The van der Waals surface area contributed by atoms with E-state index in [0.29, 0.717) is 6.61 Å². The summed E-state index contributed by atoms with van der Waals surface area (Å²) in [5, 5.41) is 0. The van der Waals surface area contributed by atoms with Gasteiger partial charge in [-0.15, -0.1) is 0 Å². The van der Waals surface area contributed by atoms with Crippen LogP contribution in [0.25, 0.3) is 0 Å². The minimum absolute atomic E-state index is 0.681. The monoisotopic (exact) mass is 146 g/mol. The van der Waals surface area contributed by atoms with Crippen LogP contribution in [0.15, 0.2) is 29.3 Å². The predicted octanol–water partition coefficient (Wildman–Crippen LogP) is 2.05. The van der Waals surface area contributed by atoms with Crippen molar-refractivity contribution in [3.63, 3.8) is 0 Å². The maximum Gasteiger partial charge on any atom is 0.144 e. The van der Waals surface area contributed by atoms with E-state index in [9.17, 15) is 0 Å². The fourth-order valence-electron chi connectivity index (χ4n) is 1.02. The first-order valence-corrected chi connectivity index (χ1v) is 3.62. The number of benzene rings is 1. The van der Waals surface area contributed by atoms with Gasteiger partial charge in [0.05, 0.1) is 12.8 Å². The molecule has 0 fully saturated rings. The number of para-hydroxylation sites is 2. The van der Waals surface area contributed by atoms with Crippen LogP contribution < -0.4 is 4.74 Å². The zero-order chi connectivity index (χ0) is 7.52. The zero-order valence-electron chi connectivity index (χ0n) is 6.08. The smallest absolute Gasteiger partial charge is 0.144 e. The average molecular weight is 146 g/mol. The van der Waals surface area contributed by atoms with Gasteiger partial charge >= 0.3 is 0 Å². The molecule has 1 aromatic rings. The Balaban J connectivity index is 2.45. The molecule has 1 radical (unpaired) electrons.